The maximum absolute atomic E-state index is 13.5. The van der Waals surface area contributed by atoms with E-state index >= 15 is 0 Å². The van der Waals surface area contributed by atoms with Gasteiger partial charge in [-0.05, 0) is 25.3 Å². The minimum absolute atomic E-state index is 0.0984. The number of imidazole rings is 1. The van der Waals surface area contributed by atoms with Crippen molar-refractivity contribution in [2.45, 2.75) is 25.8 Å². The summed E-state index contributed by atoms with van der Waals surface area (Å²) in [6.45, 7) is 2.21. The molecule has 0 bridgehead atoms. The van der Waals surface area contributed by atoms with Gasteiger partial charge in [0.05, 0.1) is 32.2 Å². The number of nitrogens with zero attached hydrogens (tertiary/aromatic N) is 3. The number of likely N-dealkylation sites (tertiary alicyclic amines) is 2. The summed E-state index contributed by atoms with van der Waals surface area (Å²) < 4.78 is 10.9. The summed E-state index contributed by atoms with van der Waals surface area (Å²) in [7, 11) is 3.21. The lowest BCUT2D eigenvalue weighted by Gasteiger charge is -2.39. The van der Waals surface area contributed by atoms with Crippen molar-refractivity contribution >= 4 is 11.8 Å². The molecule has 2 amide bonds. The maximum Gasteiger partial charge on any atom is 0.271 e. The van der Waals surface area contributed by atoms with Crippen LogP contribution in [0.1, 0.15) is 35.3 Å². The lowest BCUT2D eigenvalue weighted by molar-refractivity contribution is -0.146. The summed E-state index contributed by atoms with van der Waals surface area (Å²) in [5, 5.41) is 0. The molecule has 2 aliphatic rings. The number of para-hydroxylation sites is 1. The smallest absolute Gasteiger partial charge is 0.271 e. The zero-order valence-electron chi connectivity index (χ0n) is 16.8. The number of hydrogen-bond acceptors (Lipinski definition) is 5. The number of piperidine rings is 1. The van der Waals surface area contributed by atoms with Crippen molar-refractivity contribution in [1.29, 1.82) is 0 Å². The monoisotopic (exact) mass is 398 g/mol. The molecule has 1 aromatic carbocycles. The van der Waals surface area contributed by atoms with Crippen LogP contribution in [-0.4, -0.2) is 65.4 Å². The topological polar surface area (TPSA) is 87.8 Å². The molecule has 1 atom stereocenters. The van der Waals surface area contributed by atoms with Gasteiger partial charge in [0, 0.05) is 31.7 Å². The number of aromatic nitrogens is 2. The van der Waals surface area contributed by atoms with Gasteiger partial charge in [0.1, 0.15) is 5.69 Å². The lowest BCUT2D eigenvalue weighted by atomic mass is 9.78. The van der Waals surface area contributed by atoms with Crippen LogP contribution in [0.2, 0.25) is 0 Å². The average molecular weight is 398 g/mol. The Morgan fingerprint density at radius 3 is 2.83 bits per heavy atom. The number of aromatic amines is 1. The minimum Gasteiger partial charge on any atom is -0.493 e. The van der Waals surface area contributed by atoms with Gasteiger partial charge in [-0.1, -0.05) is 12.1 Å². The molecular weight excluding hydrogens is 372 g/mol. The van der Waals surface area contributed by atoms with Crippen molar-refractivity contribution in [3.05, 3.63) is 42.0 Å². The van der Waals surface area contributed by atoms with Crippen LogP contribution in [0.15, 0.2) is 30.7 Å². The van der Waals surface area contributed by atoms with E-state index in [-0.39, 0.29) is 11.8 Å². The van der Waals surface area contributed by atoms with Gasteiger partial charge in [0.15, 0.2) is 11.5 Å². The Balaban J connectivity index is 1.51. The average Bonchev–Trinajstić information content (AvgIpc) is 3.42. The van der Waals surface area contributed by atoms with Gasteiger partial charge < -0.3 is 24.3 Å². The third-order valence-electron chi connectivity index (χ3n) is 6.04. The van der Waals surface area contributed by atoms with Crippen LogP contribution in [0.4, 0.5) is 0 Å². The Morgan fingerprint density at radius 1 is 1.24 bits per heavy atom. The molecule has 0 aliphatic carbocycles. The summed E-state index contributed by atoms with van der Waals surface area (Å²) in [6.07, 6.45) is 5.44. The second-order valence-electron chi connectivity index (χ2n) is 7.71. The van der Waals surface area contributed by atoms with Gasteiger partial charge >= 0.3 is 0 Å². The largest absolute Gasteiger partial charge is 0.493 e. The first kappa shape index (κ1) is 19.3. The summed E-state index contributed by atoms with van der Waals surface area (Å²) in [5.74, 6) is 1.33. The minimum atomic E-state index is -0.500. The molecule has 2 saturated heterocycles. The van der Waals surface area contributed by atoms with Crippen molar-refractivity contribution in [2.75, 3.05) is 33.9 Å². The number of rotatable bonds is 5. The molecule has 29 heavy (non-hydrogen) atoms. The second kappa shape index (κ2) is 7.77. The van der Waals surface area contributed by atoms with Crippen LogP contribution in [0.3, 0.4) is 0 Å². The number of benzene rings is 1. The van der Waals surface area contributed by atoms with E-state index in [1.165, 1.54) is 12.5 Å². The predicted octanol–water partition coefficient (Wildman–Crippen LogP) is 2.08. The van der Waals surface area contributed by atoms with E-state index in [2.05, 4.69) is 9.97 Å². The number of ether oxygens (including phenoxy) is 2. The third-order valence-corrected chi connectivity index (χ3v) is 6.04. The highest BCUT2D eigenvalue weighted by atomic mass is 16.5. The van der Waals surface area contributed by atoms with Crippen molar-refractivity contribution in [3.63, 3.8) is 0 Å². The summed E-state index contributed by atoms with van der Waals surface area (Å²) in [5.41, 5.74) is 0.879. The summed E-state index contributed by atoms with van der Waals surface area (Å²) >= 11 is 0. The number of carbonyl (C=O) groups is 2. The first-order valence-electron chi connectivity index (χ1n) is 9.85. The van der Waals surface area contributed by atoms with E-state index < -0.39 is 5.41 Å². The zero-order valence-corrected chi connectivity index (χ0v) is 16.8. The van der Waals surface area contributed by atoms with Crippen LogP contribution >= 0.6 is 0 Å². The number of methoxy groups -OCH3 is 2. The van der Waals surface area contributed by atoms with Gasteiger partial charge in [-0.2, -0.15) is 0 Å². The van der Waals surface area contributed by atoms with Crippen molar-refractivity contribution in [1.82, 2.24) is 19.8 Å². The van der Waals surface area contributed by atoms with Crippen LogP contribution < -0.4 is 9.47 Å². The summed E-state index contributed by atoms with van der Waals surface area (Å²) in [4.78, 5) is 36.6. The number of nitrogens with one attached hydrogen (secondary N) is 1. The number of H-pyrrole nitrogens is 1. The zero-order chi connectivity index (χ0) is 20.4. The van der Waals surface area contributed by atoms with E-state index in [4.69, 9.17) is 9.47 Å². The molecule has 0 saturated carbocycles. The molecule has 154 valence electrons. The SMILES string of the molecule is COc1cccc(CN2CCCC3(CCN(C(=O)c4cnc[nH]4)C3)C2=O)c1OC. The lowest BCUT2D eigenvalue weighted by Crippen LogP contribution is -2.50. The normalized spacial score (nSPS) is 21.7. The molecule has 1 N–H and O–H groups in total. The highest BCUT2D eigenvalue weighted by Gasteiger charge is 2.49. The molecule has 1 aromatic heterocycles. The van der Waals surface area contributed by atoms with Gasteiger partial charge in [0.25, 0.3) is 5.91 Å². The van der Waals surface area contributed by atoms with Crippen molar-refractivity contribution < 1.29 is 19.1 Å². The number of carbonyl (C=O) groups excluding carboxylic acids is 2. The van der Waals surface area contributed by atoms with Gasteiger partial charge in [0.2, 0.25) is 5.91 Å². The molecule has 4 rings (SSSR count). The van der Waals surface area contributed by atoms with Gasteiger partial charge in [-0.25, -0.2) is 4.98 Å². The second-order valence-corrected chi connectivity index (χ2v) is 7.71. The van der Waals surface area contributed by atoms with Crippen molar-refractivity contribution in [2.24, 2.45) is 5.41 Å². The molecule has 2 aromatic rings. The van der Waals surface area contributed by atoms with Crippen LogP contribution in [0.5, 0.6) is 11.5 Å². The molecule has 3 heterocycles. The first-order valence-corrected chi connectivity index (χ1v) is 9.85. The molecule has 8 nitrogen and oxygen atoms in total. The fraction of sp³-hybridized carbons (Fsp3) is 0.476. The van der Waals surface area contributed by atoms with Crippen LogP contribution in [0, 0.1) is 5.41 Å². The van der Waals surface area contributed by atoms with Gasteiger partial charge in [-0.15, -0.1) is 0 Å². The molecule has 1 spiro atoms. The fourth-order valence-corrected chi connectivity index (χ4v) is 4.55. The Bertz CT molecular complexity index is 898. The van der Waals surface area contributed by atoms with E-state index in [1.807, 2.05) is 23.1 Å². The Kier molecular flexibility index (Phi) is 5.17. The van der Waals surface area contributed by atoms with E-state index in [0.717, 1.165) is 18.4 Å². The number of amides is 2. The van der Waals surface area contributed by atoms with E-state index in [9.17, 15) is 9.59 Å². The Labute approximate surface area is 169 Å². The van der Waals surface area contributed by atoms with Crippen LogP contribution in [0.25, 0.3) is 0 Å². The predicted molar refractivity (Wildman–Crippen MR) is 106 cm³/mol. The van der Waals surface area contributed by atoms with Gasteiger partial charge in [-0.3, -0.25) is 9.59 Å². The molecule has 0 radical (unpaired) electrons. The maximum atomic E-state index is 13.5. The highest BCUT2D eigenvalue weighted by molar-refractivity contribution is 5.93. The quantitative estimate of drug-likeness (QED) is 0.833. The highest BCUT2D eigenvalue weighted by Crippen LogP contribution is 2.41. The van der Waals surface area contributed by atoms with E-state index in [0.29, 0.717) is 49.8 Å². The van der Waals surface area contributed by atoms with Crippen molar-refractivity contribution in [3.8, 4) is 11.5 Å². The molecule has 8 heteroatoms. The fourth-order valence-electron chi connectivity index (χ4n) is 4.55. The standard InChI is InChI=1S/C21H26N4O4/c1-28-17-6-3-5-15(18(17)29-2)12-24-9-4-7-21(20(24)27)8-10-25(13-21)19(26)16-11-22-14-23-16/h3,5-6,11,14H,4,7-10,12-13H2,1-2H3,(H,22,23). The number of hydrogen-bond donors (Lipinski definition) is 1. The molecule has 1 unspecified atom stereocenters. The third kappa shape index (κ3) is 3.43. The van der Waals surface area contributed by atoms with E-state index in [1.54, 1.807) is 19.1 Å². The molecule has 2 aliphatic heterocycles. The first-order chi connectivity index (χ1) is 14.1. The Morgan fingerprint density at radius 2 is 2.10 bits per heavy atom. The Hall–Kier alpha value is -3.03. The van der Waals surface area contributed by atoms with Crippen LogP contribution in [-0.2, 0) is 11.3 Å². The molecule has 2 fully saturated rings. The summed E-state index contributed by atoms with van der Waals surface area (Å²) in [6, 6.07) is 5.71. The molecular formula is C21H26N4O4.